The summed E-state index contributed by atoms with van der Waals surface area (Å²) in [7, 11) is 0. The SMILES string of the molecule is CC[C@@]1(C)NC(=O)N(CC(=O)O[C@H](C)C(=O)c2ccc(Br)cc2)C1=O. The summed E-state index contributed by atoms with van der Waals surface area (Å²) in [4.78, 5) is 49.2. The largest absolute Gasteiger partial charge is 0.453 e. The lowest BCUT2D eigenvalue weighted by atomic mass is 9.99. The number of urea groups is 1. The zero-order valence-corrected chi connectivity index (χ0v) is 15.8. The minimum atomic E-state index is -1.02. The van der Waals surface area contributed by atoms with Crippen molar-refractivity contribution in [3.8, 4) is 0 Å². The van der Waals surface area contributed by atoms with Gasteiger partial charge in [0.15, 0.2) is 6.10 Å². The molecule has 1 aromatic carbocycles. The molecule has 25 heavy (non-hydrogen) atoms. The van der Waals surface area contributed by atoms with Crippen LogP contribution in [0.1, 0.15) is 37.6 Å². The Bertz CT molecular complexity index is 718. The van der Waals surface area contributed by atoms with Crippen LogP contribution in [-0.4, -0.2) is 46.8 Å². The zero-order valence-electron chi connectivity index (χ0n) is 14.2. The van der Waals surface area contributed by atoms with Gasteiger partial charge in [0.1, 0.15) is 12.1 Å². The van der Waals surface area contributed by atoms with Crippen LogP contribution in [0.15, 0.2) is 28.7 Å². The molecule has 1 fully saturated rings. The van der Waals surface area contributed by atoms with Crippen molar-refractivity contribution in [1.29, 1.82) is 0 Å². The first kappa shape index (κ1) is 19.1. The number of nitrogens with one attached hydrogen (secondary N) is 1. The molecule has 0 saturated carbocycles. The van der Waals surface area contributed by atoms with Crippen molar-refractivity contribution in [2.24, 2.45) is 0 Å². The molecule has 0 radical (unpaired) electrons. The van der Waals surface area contributed by atoms with E-state index in [0.29, 0.717) is 12.0 Å². The van der Waals surface area contributed by atoms with Crippen molar-refractivity contribution in [2.45, 2.75) is 38.8 Å². The molecule has 8 heteroatoms. The average Bonchev–Trinajstić information content (AvgIpc) is 2.78. The second-order valence-electron chi connectivity index (χ2n) is 6.01. The van der Waals surface area contributed by atoms with Gasteiger partial charge in [-0.25, -0.2) is 4.79 Å². The lowest BCUT2D eigenvalue weighted by molar-refractivity contribution is -0.149. The van der Waals surface area contributed by atoms with E-state index >= 15 is 0 Å². The van der Waals surface area contributed by atoms with Gasteiger partial charge in [-0.05, 0) is 32.4 Å². The summed E-state index contributed by atoms with van der Waals surface area (Å²) in [6, 6.07) is 6.00. The maximum absolute atomic E-state index is 12.3. The van der Waals surface area contributed by atoms with Gasteiger partial charge in [0.2, 0.25) is 5.78 Å². The molecule has 1 aromatic rings. The number of imide groups is 1. The highest BCUT2D eigenvalue weighted by Crippen LogP contribution is 2.20. The number of rotatable bonds is 6. The molecule has 1 aliphatic rings. The van der Waals surface area contributed by atoms with Crippen LogP contribution in [0.3, 0.4) is 0 Å². The fraction of sp³-hybridized carbons (Fsp3) is 0.412. The van der Waals surface area contributed by atoms with Gasteiger partial charge < -0.3 is 10.1 Å². The van der Waals surface area contributed by atoms with Crippen LogP contribution in [0.2, 0.25) is 0 Å². The lowest BCUT2D eigenvalue weighted by Crippen LogP contribution is -2.43. The summed E-state index contributed by atoms with van der Waals surface area (Å²) in [6.07, 6.45) is -0.617. The van der Waals surface area contributed by atoms with E-state index in [1.165, 1.54) is 6.92 Å². The van der Waals surface area contributed by atoms with Crippen LogP contribution in [0, 0.1) is 0 Å². The van der Waals surface area contributed by atoms with Gasteiger partial charge in [0, 0.05) is 10.0 Å². The number of ketones is 1. The van der Waals surface area contributed by atoms with E-state index in [1.807, 2.05) is 0 Å². The molecule has 0 bridgehead atoms. The molecule has 1 saturated heterocycles. The van der Waals surface area contributed by atoms with Gasteiger partial charge in [-0.1, -0.05) is 35.0 Å². The number of ether oxygens (including phenoxy) is 1. The summed E-state index contributed by atoms with van der Waals surface area (Å²) >= 11 is 3.28. The van der Waals surface area contributed by atoms with Gasteiger partial charge in [0.05, 0.1) is 0 Å². The second-order valence-corrected chi connectivity index (χ2v) is 6.93. The van der Waals surface area contributed by atoms with Crippen LogP contribution >= 0.6 is 15.9 Å². The van der Waals surface area contributed by atoms with Crippen molar-refractivity contribution in [3.05, 3.63) is 34.3 Å². The Hall–Kier alpha value is -2.22. The maximum atomic E-state index is 12.3. The van der Waals surface area contributed by atoms with Gasteiger partial charge in [-0.3, -0.25) is 19.3 Å². The Kier molecular flexibility index (Phi) is 5.62. The Morgan fingerprint density at radius 3 is 2.40 bits per heavy atom. The van der Waals surface area contributed by atoms with E-state index in [9.17, 15) is 19.2 Å². The summed E-state index contributed by atoms with van der Waals surface area (Å²) in [5, 5.41) is 2.55. The molecule has 1 aliphatic heterocycles. The van der Waals surface area contributed by atoms with Gasteiger partial charge in [-0.2, -0.15) is 0 Å². The number of hydrogen-bond donors (Lipinski definition) is 1. The average molecular weight is 411 g/mol. The summed E-state index contributed by atoms with van der Waals surface area (Å²) in [6.45, 7) is 4.28. The minimum absolute atomic E-state index is 0.364. The number of carbonyl (C=O) groups excluding carboxylic acids is 4. The highest BCUT2D eigenvalue weighted by molar-refractivity contribution is 9.10. The van der Waals surface area contributed by atoms with Crippen molar-refractivity contribution in [3.63, 3.8) is 0 Å². The predicted molar refractivity (Wildman–Crippen MR) is 93.0 cm³/mol. The molecule has 1 N–H and O–H groups in total. The molecule has 3 amide bonds. The Morgan fingerprint density at radius 2 is 1.88 bits per heavy atom. The number of nitrogens with zero attached hydrogens (tertiary/aromatic N) is 1. The van der Waals surface area contributed by atoms with Crippen LogP contribution in [0.4, 0.5) is 4.79 Å². The molecular formula is C17H19BrN2O5. The van der Waals surface area contributed by atoms with E-state index in [2.05, 4.69) is 21.2 Å². The standard InChI is InChI=1S/C17H19BrN2O5/c1-4-17(3)15(23)20(16(24)19-17)9-13(21)25-10(2)14(22)11-5-7-12(18)8-6-11/h5-8,10H,4,9H2,1-3H3,(H,19,24)/t10-,17-/m1/s1. The summed E-state index contributed by atoms with van der Waals surface area (Å²) in [5.74, 6) is -1.66. The van der Waals surface area contributed by atoms with Gasteiger partial charge >= 0.3 is 12.0 Å². The van der Waals surface area contributed by atoms with Gasteiger partial charge in [0.25, 0.3) is 5.91 Å². The van der Waals surface area contributed by atoms with Gasteiger partial charge in [-0.15, -0.1) is 0 Å². The molecule has 0 unspecified atom stereocenters. The molecule has 0 aromatic heterocycles. The summed E-state index contributed by atoms with van der Waals surface area (Å²) < 4.78 is 5.91. The molecule has 134 valence electrons. The Balaban J connectivity index is 1.98. The van der Waals surface area contributed by atoms with E-state index < -0.39 is 36.1 Å². The topological polar surface area (TPSA) is 92.8 Å². The van der Waals surface area contributed by atoms with E-state index in [-0.39, 0.29) is 5.78 Å². The van der Waals surface area contributed by atoms with E-state index in [0.717, 1.165) is 9.37 Å². The number of carbonyl (C=O) groups is 4. The fourth-order valence-corrected chi connectivity index (χ4v) is 2.66. The smallest absolute Gasteiger partial charge is 0.326 e. The second kappa shape index (κ2) is 7.35. The summed E-state index contributed by atoms with van der Waals surface area (Å²) in [5.41, 5.74) is -0.618. The van der Waals surface area contributed by atoms with Crippen molar-refractivity contribution in [2.75, 3.05) is 6.54 Å². The Labute approximate surface area is 153 Å². The first-order valence-electron chi connectivity index (χ1n) is 7.81. The normalized spacial score (nSPS) is 21.0. The monoisotopic (exact) mass is 410 g/mol. The van der Waals surface area contributed by atoms with Crippen molar-refractivity contribution < 1.29 is 23.9 Å². The molecular weight excluding hydrogens is 392 g/mol. The molecule has 0 spiro atoms. The van der Waals surface area contributed by atoms with Crippen molar-refractivity contribution in [1.82, 2.24) is 10.2 Å². The van der Waals surface area contributed by atoms with Crippen LogP contribution in [0.25, 0.3) is 0 Å². The number of benzene rings is 1. The highest BCUT2D eigenvalue weighted by atomic mass is 79.9. The van der Waals surface area contributed by atoms with E-state index in [1.54, 1.807) is 38.1 Å². The Morgan fingerprint density at radius 1 is 1.28 bits per heavy atom. The quantitative estimate of drug-likeness (QED) is 0.441. The minimum Gasteiger partial charge on any atom is -0.453 e. The maximum Gasteiger partial charge on any atom is 0.326 e. The molecule has 7 nitrogen and oxygen atoms in total. The molecule has 2 rings (SSSR count). The number of hydrogen-bond acceptors (Lipinski definition) is 5. The third-order valence-corrected chi connectivity index (χ3v) is 4.67. The third-order valence-electron chi connectivity index (χ3n) is 4.15. The van der Waals surface area contributed by atoms with Crippen LogP contribution < -0.4 is 5.32 Å². The van der Waals surface area contributed by atoms with Crippen LogP contribution in [0.5, 0.6) is 0 Å². The molecule has 1 heterocycles. The fourth-order valence-electron chi connectivity index (χ4n) is 2.40. The predicted octanol–water partition coefficient (Wildman–Crippen LogP) is 2.28. The zero-order chi connectivity index (χ0) is 18.8. The number of Topliss-reactive ketones (excluding diaryl/α,β-unsaturated/α-hetero) is 1. The molecule has 2 atom stereocenters. The van der Waals surface area contributed by atoms with Crippen molar-refractivity contribution >= 4 is 39.6 Å². The first-order valence-corrected chi connectivity index (χ1v) is 8.60. The number of esters is 1. The number of amides is 3. The van der Waals surface area contributed by atoms with Crippen LogP contribution in [-0.2, 0) is 14.3 Å². The van der Waals surface area contributed by atoms with E-state index in [4.69, 9.17) is 4.74 Å². The first-order chi connectivity index (χ1) is 11.7. The lowest BCUT2D eigenvalue weighted by Gasteiger charge is -2.19. The third kappa shape index (κ3) is 4.07. The molecule has 0 aliphatic carbocycles. The number of halogens is 1. The highest BCUT2D eigenvalue weighted by Gasteiger charge is 2.47.